The Bertz CT molecular complexity index is 1420. The highest BCUT2D eigenvalue weighted by Gasteiger charge is 2.40. The minimum absolute atomic E-state index is 0.137. The number of carbonyl (C=O) groups is 2. The van der Waals surface area contributed by atoms with Crippen LogP contribution in [0, 0.1) is 13.8 Å². The van der Waals surface area contributed by atoms with Gasteiger partial charge in [-0.05, 0) is 44.0 Å². The van der Waals surface area contributed by atoms with Crippen LogP contribution < -0.4 is 10.1 Å². The summed E-state index contributed by atoms with van der Waals surface area (Å²) in [6, 6.07) is 7.35. The molecule has 0 aromatic carbocycles. The van der Waals surface area contributed by atoms with Crippen molar-refractivity contribution in [3.63, 3.8) is 0 Å². The average Bonchev–Trinajstić information content (AvgIpc) is 3.27. The molecule has 1 aliphatic heterocycles. The number of aryl methyl sites for hydroxylation is 2. The van der Waals surface area contributed by atoms with Gasteiger partial charge >= 0.3 is 0 Å². The Balaban J connectivity index is 1.49. The summed E-state index contributed by atoms with van der Waals surface area (Å²) in [6.07, 6.45) is 5.12. The number of fused-ring (bicyclic) bond motifs is 2. The standard InChI is InChI=1S/C24H25N5O4/c1-14-9-16-10-17(6-8-28(16)20(14)22(30)25-4)33-19-5-7-26-29-11-18(15(2)21(19)29)23(31)27-12-24(3,32)13-27/h5-11,32H,12-13H2,1-4H3,(H,25,30). The van der Waals surface area contributed by atoms with E-state index < -0.39 is 5.60 Å². The number of hydrogen-bond donors (Lipinski definition) is 2. The summed E-state index contributed by atoms with van der Waals surface area (Å²) in [4.78, 5) is 26.8. The number of aliphatic hydroxyl groups is 1. The molecule has 4 aromatic rings. The van der Waals surface area contributed by atoms with Crippen molar-refractivity contribution >= 4 is 22.8 Å². The molecule has 0 atom stereocenters. The number of amides is 2. The first-order valence-electron chi connectivity index (χ1n) is 10.7. The van der Waals surface area contributed by atoms with Crippen molar-refractivity contribution in [2.75, 3.05) is 20.1 Å². The summed E-state index contributed by atoms with van der Waals surface area (Å²) in [7, 11) is 1.61. The lowest BCUT2D eigenvalue weighted by atomic mass is 9.96. The fourth-order valence-corrected chi connectivity index (χ4v) is 4.50. The molecule has 1 aliphatic rings. The maximum Gasteiger partial charge on any atom is 0.268 e. The Morgan fingerprint density at radius 3 is 2.67 bits per heavy atom. The van der Waals surface area contributed by atoms with Gasteiger partial charge in [0.05, 0.1) is 30.5 Å². The van der Waals surface area contributed by atoms with E-state index in [4.69, 9.17) is 4.74 Å². The van der Waals surface area contributed by atoms with E-state index in [-0.39, 0.29) is 11.8 Å². The molecule has 1 saturated heterocycles. The molecule has 0 aliphatic carbocycles. The second-order valence-corrected chi connectivity index (χ2v) is 8.83. The van der Waals surface area contributed by atoms with Gasteiger partial charge in [0.25, 0.3) is 11.8 Å². The highest BCUT2D eigenvalue weighted by molar-refractivity contribution is 5.99. The largest absolute Gasteiger partial charge is 0.455 e. The molecule has 5 heterocycles. The van der Waals surface area contributed by atoms with Crippen LogP contribution in [0.4, 0.5) is 0 Å². The van der Waals surface area contributed by atoms with Crippen LogP contribution >= 0.6 is 0 Å². The normalized spacial score (nSPS) is 15.0. The molecule has 0 spiro atoms. The van der Waals surface area contributed by atoms with Gasteiger partial charge in [0.15, 0.2) is 5.75 Å². The van der Waals surface area contributed by atoms with Crippen LogP contribution in [0.25, 0.3) is 11.0 Å². The monoisotopic (exact) mass is 447 g/mol. The second-order valence-electron chi connectivity index (χ2n) is 8.83. The number of carbonyl (C=O) groups excluding carboxylic acids is 2. The second kappa shape index (κ2) is 7.35. The number of hydrogen-bond acceptors (Lipinski definition) is 5. The third kappa shape index (κ3) is 3.41. The number of nitrogens with one attached hydrogen (secondary N) is 1. The number of ether oxygens (including phenoxy) is 1. The Morgan fingerprint density at radius 2 is 1.97 bits per heavy atom. The van der Waals surface area contributed by atoms with Gasteiger partial charge in [0, 0.05) is 37.1 Å². The first kappa shape index (κ1) is 21.0. The molecule has 0 radical (unpaired) electrons. The third-order valence-corrected chi connectivity index (χ3v) is 6.08. The third-order valence-electron chi connectivity index (χ3n) is 6.08. The molecule has 9 heteroatoms. The van der Waals surface area contributed by atoms with Gasteiger partial charge < -0.3 is 24.5 Å². The molecule has 2 N–H and O–H groups in total. The van der Waals surface area contributed by atoms with Crippen molar-refractivity contribution in [2.24, 2.45) is 0 Å². The van der Waals surface area contributed by atoms with Crippen LogP contribution in [-0.4, -0.2) is 61.6 Å². The lowest BCUT2D eigenvalue weighted by molar-refractivity contribution is -0.0669. The molecular weight excluding hydrogens is 422 g/mol. The predicted octanol–water partition coefficient (Wildman–Crippen LogP) is 2.56. The van der Waals surface area contributed by atoms with Gasteiger partial charge in [-0.25, -0.2) is 4.52 Å². The van der Waals surface area contributed by atoms with Crippen LogP contribution in [0.15, 0.2) is 42.9 Å². The average molecular weight is 447 g/mol. The zero-order valence-corrected chi connectivity index (χ0v) is 18.9. The molecule has 4 aromatic heterocycles. The number of nitrogens with zero attached hydrogens (tertiary/aromatic N) is 4. The van der Waals surface area contributed by atoms with Crippen molar-refractivity contribution in [3.8, 4) is 11.5 Å². The van der Waals surface area contributed by atoms with Gasteiger partial charge in [-0.2, -0.15) is 5.10 Å². The molecule has 0 bridgehead atoms. The lowest BCUT2D eigenvalue weighted by Crippen LogP contribution is -2.61. The van der Waals surface area contributed by atoms with E-state index in [1.165, 1.54) is 0 Å². The van der Waals surface area contributed by atoms with Crippen molar-refractivity contribution in [1.29, 1.82) is 0 Å². The number of likely N-dealkylation sites (tertiary alicyclic amines) is 1. The minimum atomic E-state index is -0.831. The summed E-state index contributed by atoms with van der Waals surface area (Å²) in [6.45, 7) is 6.09. The van der Waals surface area contributed by atoms with E-state index in [0.717, 1.165) is 16.6 Å². The molecule has 2 amide bonds. The minimum Gasteiger partial charge on any atom is -0.455 e. The Hall–Kier alpha value is -3.85. The fourth-order valence-electron chi connectivity index (χ4n) is 4.50. The van der Waals surface area contributed by atoms with E-state index >= 15 is 0 Å². The highest BCUT2D eigenvalue weighted by Crippen LogP contribution is 2.33. The maximum absolute atomic E-state index is 12.9. The molecule has 5 rings (SSSR count). The first-order valence-corrected chi connectivity index (χ1v) is 10.7. The summed E-state index contributed by atoms with van der Waals surface area (Å²) in [5.41, 5.74) is 3.45. The quantitative estimate of drug-likeness (QED) is 0.501. The van der Waals surface area contributed by atoms with E-state index in [2.05, 4.69) is 10.4 Å². The maximum atomic E-state index is 12.9. The number of pyridine rings is 1. The van der Waals surface area contributed by atoms with Crippen molar-refractivity contribution in [1.82, 2.24) is 24.2 Å². The molecule has 1 fully saturated rings. The number of rotatable bonds is 4. The van der Waals surface area contributed by atoms with Crippen LogP contribution in [-0.2, 0) is 0 Å². The smallest absolute Gasteiger partial charge is 0.268 e. The highest BCUT2D eigenvalue weighted by atomic mass is 16.5. The van der Waals surface area contributed by atoms with Crippen LogP contribution in [0.5, 0.6) is 11.5 Å². The zero-order valence-electron chi connectivity index (χ0n) is 18.9. The number of β-amino-alcohol motifs (C(OH)–C–C–N with tert-alkyl or cyclic N) is 1. The van der Waals surface area contributed by atoms with E-state index in [9.17, 15) is 14.7 Å². The molecule has 170 valence electrons. The van der Waals surface area contributed by atoms with Crippen LogP contribution in [0.2, 0.25) is 0 Å². The fraction of sp³-hybridized carbons (Fsp3) is 0.292. The summed E-state index contributed by atoms with van der Waals surface area (Å²) >= 11 is 0. The molecule has 0 saturated carbocycles. The van der Waals surface area contributed by atoms with E-state index in [1.54, 1.807) is 54.1 Å². The molecule has 0 unspecified atom stereocenters. The molecule has 9 nitrogen and oxygen atoms in total. The predicted molar refractivity (Wildman–Crippen MR) is 122 cm³/mol. The van der Waals surface area contributed by atoms with Gasteiger partial charge in [0.2, 0.25) is 0 Å². The molecular formula is C24H25N5O4. The van der Waals surface area contributed by atoms with Crippen LogP contribution in [0.1, 0.15) is 38.9 Å². The van der Waals surface area contributed by atoms with Crippen molar-refractivity contribution in [2.45, 2.75) is 26.4 Å². The van der Waals surface area contributed by atoms with Crippen molar-refractivity contribution < 1.29 is 19.4 Å². The Morgan fingerprint density at radius 1 is 1.21 bits per heavy atom. The summed E-state index contributed by atoms with van der Waals surface area (Å²) < 4.78 is 9.67. The van der Waals surface area contributed by atoms with E-state index in [1.807, 2.05) is 30.4 Å². The van der Waals surface area contributed by atoms with Gasteiger partial charge in [-0.15, -0.1) is 0 Å². The van der Waals surface area contributed by atoms with Gasteiger partial charge in [-0.3, -0.25) is 9.59 Å². The zero-order chi connectivity index (χ0) is 23.5. The van der Waals surface area contributed by atoms with E-state index in [0.29, 0.717) is 41.4 Å². The first-order chi connectivity index (χ1) is 15.7. The van der Waals surface area contributed by atoms with Crippen LogP contribution in [0.3, 0.4) is 0 Å². The van der Waals surface area contributed by atoms with Gasteiger partial charge in [0.1, 0.15) is 17.0 Å². The van der Waals surface area contributed by atoms with Gasteiger partial charge in [-0.1, -0.05) is 0 Å². The van der Waals surface area contributed by atoms with Crippen molar-refractivity contribution in [3.05, 3.63) is 65.2 Å². The topological polar surface area (TPSA) is 101 Å². The summed E-state index contributed by atoms with van der Waals surface area (Å²) in [5, 5.41) is 17.0. The SMILES string of the molecule is CNC(=O)c1c(C)cc2cc(Oc3ccnn4cc(C(=O)N5CC(C)(O)C5)c(C)c34)ccn12. The lowest BCUT2D eigenvalue weighted by Gasteiger charge is -2.44. The number of aromatic nitrogens is 3. The Labute approximate surface area is 190 Å². The Kier molecular flexibility index (Phi) is 4.68. The summed E-state index contributed by atoms with van der Waals surface area (Å²) in [5.74, 6) is 0.879. The molecule has 33 heavy (non-hydrogen) atoms.